The van der Waals surface area contributed by atoms with Crippen LogP contribution in [0.1, 0.15) is 0 Å². The van der Waals surface area contributed by atoms with Crippen LogP contribution in [0.5, 0.6) is 0 Å². The van der Waals surface area contributed by atoms with E-state index >= 15 is 0 Å². The predicted molar refractivity (Wildman–Crippen MR) is 82.0 cm³/mol. The number of hydrogen-bond donors (Lipinski definition) is 6. The van der Waals surface area contributed by atoms with Gasteiger partial charge >= 0.3 is 35.8 Å². The Morgan fingerprint density at radius 2 is 0.300 bits per heavy atom. The fourth-order valence-corrected chi connectivity index (χ4v) is 0. The van der Waals surface area contributed by atoms with Crippen molar-refractivity contribution < 1.29 is 194 Å². The molecule has 0 saturated heterocycles. The van der Waals surface area contributed by atoms with Gasteiger partial charge in [-0.2, -0.15) is 0 Å². The molecule has 0 saturated carbocycles. The first-order valence-electron chi connectivity index (χ1n) is 3.32. The first kappa shape index (κ1) is 116. The van der Waals surface area contributed by atoms with Gasteiger partial charge in [0.1, 0.15) is 0 Å². The largest absolute Gasteiger partial charge is 0.473 e. The van der Waals surface area contributed by atoms with Gasteiger partial charge in [-0.25, -0.2) is 28.8 Å². The van der Waals surface area contributed by atoms with E-state index in [1.807, 2.05) is 0 Å². The molecule has 0 aromatic rings. The molecule has 30 heavy (non-hydrogen) atoms. The van der Waals surface area contributed by atoms with Crippen molar-refractivity contribution in [2.45, 2.75) is 0 Å². The second-order valence-corrected chi connectivity index (χ2v) is 1.83. The van der Waals surface area contributed by atoms with E-state index in [1.54, 1.807) is 0 Å². The molecule has 0 unspecified atom stereocenters. The van der Waals surface area contributed by atoms with Gasteiger partial charge in [-0.15, -0.1) is 0 Å². The minimum absolute atomic E-state index is 0. The van der Waals surface area contributed by atoms with Gasteiger partial charge in [0, 0.05) is 79.9 Å². The number of aliphatic carboxylic acids is 6. The van der Waals surface area contributed by atoms with Gasteiger partial charge in [-0.3, -0.25) is 0 Å². The van der Waals surface area contributed by atoms with Crippen LogP contribution in [0.4, 0.5) is 0 Å². The molecular weight excluding hydrogens is 739 g/mol. The monoisotopic (exact) mass is 766 g/mol. The van der Waals surface area contributed by atoms with Crippen molar-refractivity contribution >= 4 is 35.8 Å². The summed E-state index contributed by atoms with van der Waals surface area (Å²) in [7, 11) is 0. The third-order valence-corrected chi connectivity index (χ3v) is 0.549. The van der Waals surface area contributed by atoms with Gasteiger partial charge in [-0.05, 0) is 0 Å². The van der Waals surface area contributed by atoms with E-state index in [0.29, 0.717) is 0 Å². The minimum Gasteiger partial charge on any atom is -0.473 e. The molecule has 0 heterocycles. The zero-order chi connectivity index (χ0) is 15.5. The Labute approximate surface area is 227 Å². The van der Waals surface area contributed by atoms with Gasteiger partial charge in [0.15, 0.2) is 0 Å². The molecule has 0 aliphatic heterocycles. The molecule has 26 N–H and O–H groups in total. The minimum atomic E-state index is -1.82. The molecule has 0 aromatic carbocycles. The van der Waals surface area contributed by atoms with Crippen LogP contribution in [0, 0.1) is 79.9 Å². The van der Waals surface area contributed by atoms with Crippen molar-refractivity contribution in [1.29, 1.82) is 0 Å². The van der Waals surface area contributed by atoms with Gasteiger partial charge < -0.3 is 85.4 Å². The van der Waals surface area contributed by atoms with E-state index in [-0.39, 0.29) is 135 Å². The van der Waals surface area contributed by atoms with Crippen molar-refractivity contribution in [2.75, 3.05) is 0 Å². The third-order valence-electron chi connectivity index (χ3n) is 0.549. The van der Waals surface area contributed by atoms with Crippen LogP contribution in [-0.2, 0) is 28.8 Å². The third kappa shape index (κ3) is 150. The summed E-state index contributed by atoms with van der Waals surface area (Å²) < 4.78 is 0. The summed E-state index contributed by atoms with van der Waals surface area (Å²) in [5, 5.41) is 44.3. The molecule has 0 amide bonds. The first-order valence-corrected chi connectivity index (χ1v) is 3.32. The van der Waals surface area contributed by atoms with Crippen molar-refractivity contribution in [3.63, 3.8) is 0 Å². The number of rotatable bonds is 0. The van der Waals surface area contributed by atoms with Crippen molar-refractivity contribution in [3.8, 4) is 0 Å². The molecular formula is C6H26Gd2O22. The normalized spacial score (nSPS) is 4.40. The molecule has 24 heteroatoms. The van der Waals surface area contributed by atoms with E-state index < -0.39 is 35.8 Å². The standard InChI is InChI=1S/3C2H2O4.2Gd.10H2O/c3*3-1(4)2(5)6;;;;;;;;;;;;/h3*(H,3,4)(H,5,6);;;10*1H2. The van der Waals surface area contributed by atoms with Crippen LogP contribution in [0.25, 0.3) is 0 Å². The second kappa shape index (κ2) is 70.6. The number of carbonyl (C=O) groups is 6. The van der Waals surface area contributed by atoms with Crippen LogP contribution in [-0.4, -0.2) is 121 Å². The maximum absolute atomic E-state index is 9.10. The molecule has 0 aliphatic carbocycles. The Morgan fingerprint density at radius 3 is 0.300 bits per heavy atom. The molecule has 0 bridgehead atoms. The summed E-state index contributed by atoms with van der Waals surface area (Å²) in [4.78, 5) is 54.6. The predicted octanol–water partition coefficient (Wildman–Crippen LogP) is -10.8. The molecule has 198 valence electrons. The number of carboxylic acids is 6. The van der Waals surface area contributed by atoms with E-state index in [4.69, 9.17) is 59.4 Å². The zero-order valence-corrected chi connectivity index (χ0v) is 18.4. The fraction of sp³-hybridized carbons (Fsp3) is 0. The Balaban J connectivity index is -0.00000000721. The molecule has 0 radical (unpaired) electrons. The van der Waals surface area contributed by atoms with Crippen LogP contribution < -0.4 is 0 Å². The quantitative estimate of drug-likeness (QED) is 0.125. The molecule has 0 aliphatic rings. The zero-order valence-electron chi connectivity index (χ0n) is 13.8. The average molecular weight is 765 g/mol. The summed E-state index contributed by atoms with van der Waals surface area (Å²) in [6.07, 6.45) is 0. The smallest absolute Gasteiger partial charge is 0.414 e. The number of hydrogen-bond acceptors (Lipinski definition) is 6. The number of carboxylic acid groups (broad SMARTS) is 6. The summed E-state index contributed by atoms with van der Waals surface area (Å²) in [5.41, 5.74) is 0. The average Bonchev–Trinajstić information content (AvgIpc) is 2.18. The van der Waals surface area contributed by atoms with Crippen molar-refractivity contribution in [3.05, 3.63) is 0 Å². The van der Waals surface area contributed by atoms with E-state index in [0.717, 1.165) is 0 Å². The van der Waals surface area contributed by atoms with Crippen LogP contribution in [0.15, 0.2) is 0 Å². The molecule has 0 fully saturated rings. The van der Waals surface area contributed by atoms with Crippen molar-refractivity contribution in [2.24, 2.45) is 0 Å². The Hall–Kier alpha value is -0.931. The molecule has 0 rings (SSSR count). The van der Waals surface area contributed by atoms with E-state index in [1.165, 1.54) is 0 Å². The summed E-state index contributed by atoms with van der Waals surface area (Å²) >= 11 is 0. The fourth-order valence-electron chi connectivity index (χ4n) is 0. The molecule has 22 nitrogen and oxygen atoms in total. The van der Waals surface area contributed by atoms with Crippen molar-refractivity contribution in [1.82, 2.24) is 0 Å². The summed E-state index contributed by atoms with van der Waals surface area (Å²) in [6.45, 7) is 0. The summed E-state index contributed by atoms with van der Waals surface area (Å²) in [5.74, 6) is -10.9. The van der Waals surface area contributed by atoms with Gasteiger partial charge in [0.2, 0.25) is 0 Å². The second-order valence-electron chi connectivity index (χ2n) is 1.83. The maximum atomic E-state index is 9.10. The van der Waals surface area contributed by atoms with Crippen LogP contribution >= 0.6 is 0 Å². The maximum Gasteiger partial charge on any atom is 0.414 e. The Morgan fingerprint density at radius 1 is 0.267 bits per heavy atom. The topological polar surface area (TPSA) is 539 Å². The molecule has 0 atom stereocenters. The summed E-state index contributed by atoms with van der Waals surface area (Å²) in [6, 6.07) is 0. The molecule has 0 aromatic heterocycles. The Kier molecular flexibility index (Phi) is 272. The van der Waals surface area contributed by atoms with Crippen LogP contribution in [0.2, 0.25) is 0 Å². The molecule has 0 spiro atoms. The van der Waals surface area contributed by atoms with E-state index in [9.17, 15) is 0 Å². The Bertz CT molecular complexity index is 287. The van der Waals surface area contributed by atoms with Crippen LogP contribution in [0.3, 0.4) is 0 Å². The van der Waals surface area contributed by atoms with Gasteiger partial charge in [0.25, 0.3) is 0 Å². The SMILES string of the molecule is O.O.O.O.O.O.O.O.O.O.O=C(O)C(=O)O.O=C(O)C(=O)O.O=C(O)C(=O)O.[Gd].[Gd]. The van der Waals surface area contributed by atoms with E-state index in [2.05, 4.69) is 0 Å². The van der Waals surface area contributed by atoms with Gasteiger partial charge in [0.05, 0.1) is 0 Å². The van der Waals surface area contributed by atoms with Gasteiger partial charge in [-0.1, -0.05) is 0 Å². The first-order chi connectivity index (χ1) is 7.93.